The first-order valence-electron chi connectivity index (χ1n) is 10.6. The van der Waals surface area contributed by atoms with Crippen molar-refractivity contribution in [3.05, 3.63) is 47.9 Å². The topological polar surface area (TPSA) is 95.5 Å². The first-order valence-corrected chi connectivity index (χ1v) is 12.2. The van der Waals surface area contributed by atoms with Gasteiger partial charge in [-0.25, -0.2) is 18.4 Å². The van der Waals surface area contributed by atoms with Crippen LogP contribution in [0.5, 0.6) is 0 Å². The number of likely N-dealkylation sites (tertiary alicyclic amines) is 1. The Kier molecular flexibility index (Phi) is 7.61. The highest BCUT2D eigenvalue weighted by molar-refractivity contribution is 7.91. The van der Waals surface area contributed by atoms with E-state index in [1.165, 1.54) is 6.92 Å². The number of nitrogens with zero attached hydrogens (tertiary/aromatic N) is 4. The van der Waals surface area contributed by atoms with Gasteiger partial charge < -0.3 is 10.2 Å². The van der Waals surface area contributed by atoms with Crippen LogP contribution in [0.4, 0.5) is 5.82 Å². The molecule has 1 aromatic carbocycles. The average molecular weight is 446 g/mol. The van der Waals surface area contributed by atoms with Gasteiger partial charge in [0, 0.05) is 33.6 Å². The van der Waals surface area contributed by atoms with Crippen molar-refractivity contribution < 1.29 is 13.2 Å². The zero-order valence-corrected chi connectivity index (χ0v) is 19.2. The van der Waals surface area contributed by atoms with Gasteiger partial charge in [-0.05, 0) is 31.5 Å². The van der Waals surface area contributed by atoms with Gasteiger partial charge in [0.2, 0.25) is 5.91 Å². The summed E-state index contributed by atoms with van der Waals surface area (Å²) in [5.41, 5.74) is 0.759. The Morgan fingerprint density at radius 1 is 1.23 bits per heavy atom. The lowest BCUT2D eigenvalue weighted by Gasteiger charge is -2.35. The Morgan fingerprint density at radius 3 is 2.65 bits per heavy atom. The number of benzene rings is 1. The largest absolute Gasteiger partial charge is 0.373 e. The van der Waals surface area contributed by atoms with E-state index in [1.807, 2.05) is 12.1 Å². The number of carbonyl (C=O) groups excluding carboxylic acids is 1. The highest BCUT2D eigenvalue weighted by atomic mass is 32.2. The van der Waals surface area contributed by atoms with Gasteiger partial charge in [0.05, 0.1) is 28.9 Å². The summed E-state index contributed by atoms with van der Waals surface area (Å²) < 4.78 is 25.5. The van der Waals surface area contributed by atoms with E-state index < -0.39 is 9.84 Å². The standard InChI is InChI=1S/C22H31N5O3S/c1-17(28)26(3)16-18-15-21(23-2)25-22(24-18)20-11-7-8-12-27(20)13-14-31(29,30)19-9-5-4-6-10-19/h4-6,9-10,15,20H,7-8,11-14,16H2,1-3H3,(H,23,24,25)/t20-/m1/s1. The summed E-state index contributed by atoms with van der Waals surface area (Å²) in [6.07, 6.45) is 2.94. The van der Waals surface area contributed by atoms with Crippen LogP contribution < -0.4 is 5.32 Å². The Labute approximate surface area is 184 Å². The van der Waals surface area contributed by atoms with E-state index >= 15 is 0 Å². The fourth-order valence-electron chi connectivity index (χ4n) is 3.76. The summed E-state index contributed by atoms with van der Waals surface area (Å²) >= 11 is 0. The second kappa shape index (κ2) is 10.2. The number of piperidine rings is 1. The third-order valence-corrected chi connectivity index (χ3v) is 7.36. The lowest BCUT2D eigenvalue weighted by atomic mass is 10.0. The molecular formula is C22H31N5O3S. The number of aromatic nitrogens is 2. The van der Waals surface area contributed by atoms with Crippen molar-refractivity contribution >= 4 is 21.6 Å². The van der Waals surface area contributed by atoms with Crippen molar-refractivity contribution in [2.75, 3.05) is 38.3 Å². The highest BCUT2D eigenvalue weighted by Crippen LogP contribution is 2.30. The van der Waals surface area contributed by atoms with Crippen LogP contribution in [-0.4, -0.2) is 67.0 Å². The van der Waals surface area contributed by atoms with E-state index in [4.69, 9.17) is 4.98 Å². The number of hydrogen-bond acceptors (Lipinski definition) is 7. The molecular weight excluding hydrogens is 414 g/mol. The van der Waals surface area contributed by atoms with Gasteiger partial charge in [0.25, 0.3) is 0 Å². The number of nitrogens with one attached hydrogen (secondary N) is 1. The summed E-state index contributed by atoms with van der Waals surface area (Å²) in [6.45, 7) is 3.16. The van der Waals surface area contributed by atoms with Crippen LogP contribution in [0.15, 0.2) is 41.3 Å². The molecule has 1 aromatic heterocycles. The molecule has 1 aliphatic rings. The maximum atomic E-state index is 12.8. The molecule has 8 nitrogen and oxygen atoms in total. The summed E-state index contributed by atoms with van der Waals surface area (Å²) in [5.74, 6) is 1.39. The van der Waals surface area contributed by atoms with Gasteiger partial charge in [-0.2, -0.15) is 0 Å². The van der Waals surface area contributed by atoms with Crippen LogP contribution in [0.2, 0.25) is 0 Å². The minimum absolute atomic E-state index is 0.0309. The highest BCUT2D eigenvalue weighted by Gasteiger charge is 2.28. The summed E-state index contributed by atoms with van der Waals surface area (Å²) in [7, 11) is 0.191. The lowest BCUT2D eigenvalue weighted by molar-refractivity contribution is -0.128. The molecule has 1 saturated heterocycles. The van der Waals surface area contributed by atoms with E-state index in [2.05, 4.69) is 15.2 Å². The molecule has 0 unspecified atom stereocenters. The van der Waals surface area contributed by atoms with E-state index in [0.717, 1.165) is 31.5 Å². The molecule has 3 rings (SSSR count). The van der Waals surface area contributed by atoms with Gasteiger partial charge in [-0.15, -0.1) is 0 Å². The predicted molar refractivity (Wildman–Crippen MR) is 120 cm³/mol. The molecule has 31 heavy (non-hydrogen) atoms. The third-order valence-electron chi connectivity index (χ3n) is 5.65. The van der Waals surface area contributed by atoms with Gasteiger partial charge in [-0.3, -0.25) is 9.69 Å². The number of hydrogen-bond donors (Lipinski definition) is 1. The quantitative estimate of drug-likeness (QED) is 0.667. The second-order valence-corrected chi connectivity index (χ2v) is 10.0. The van der Waals surface area contributed by atoms with Gasteiger partial charge in [-0.1, -0.05) is 24.6 Å². The number of rotatable bonds is 8. The zero-order valence-electron chi connectivity index (χ0n) is 18.4. The normalized spacial score (nSPS) is 17.3. The fraction of sp³-hybridized carbons (Fsp3) is 0.500. The first kappa shape index (κ1) is 23.1. The van der Waals surface area contributed by atoms with Gasteiger partial charge >= 0.3 is 0 Å². The molecule has 1 amide bonds. The van der Waals surface area contributed by atoms with E-state index in [-0.39, 0.29) is 17.7 Å². The minimum atomic E-state index is -3.35. The van der Waals surface area contributed by atoms with Crippen molar-refractivity contribution in [3.63, 3.8) is 0 Å². The third kappa shape index (κ3) is 6.01. The minimum Gasteiger partial charge on any atom is -0.373 e. The second-order valence-electron chi connectivity index (χ2n) is 7.91. The molecule has 1 fully saturated rings. The zero-order chi connectivity index (χ0) is 22.4. The van der Waals surface area contributed by atoms with Crippen LogP contribution in [0.25, 0.3) is 0 Å². The van der Waals surface area contributed by atoms with Gasteiger partial charge in [0.15, 0.2) is 9.84 Å². The van der Waals surface area contributed by atoms with Crippen molar-refractivity contribution in [3.8, 4) is 0 Å². The molecule has 2 heterocycles. The average Bonchev–Trinajstić information content (AvgIpc) is 2.78. The number of carbonyl (C=O) groups is 1. The van der Waals surface area contributed by atoms with Crippen LogP contribution in [0, 0.1) is 0 Å². The smallest absolute Gasteiger partial charge is 0.219 e. The van der Waals surface area contributed by atoms with Crippen molar-refractivity contribution in [2.45, 2.75) is 43.7 Å². The van der Waals surface area contributed by atoms with E-state index in [9.17, 15) is 13.2 Å². The number of amides is 1. The Balaban J connectivity index is 1.80. The first-order chi connectivity index (χ1) is 14.8. The van der Waals surface area contributed by atoms with Crippen molar-refractivity contribution in [1.82, 2.24) is 19.8 Å². The summed E-state index contributed by atoms with van der Waals surface area (Å²) in [6, 6.07) is 10.4. The molecule has 9 heteroatoms. The number of sulfone groups is 1. The molecule has 1 N–H and O–H groups in total. The van der Waals surface area contributed by atoms with Crippen molar-refractivity contribution in [2.24, 2.45) is 0 Å². The Hall–Kier alpha value is -2.52. The molecule has 0 radical (unpaired) electrons. The fourth-order valence-corrected chi connectivity index (χ4v) is 5.05. The van der Waals surface area contributed by atoms with Gasteiger partial charge in [0.1, 0.15) is 11.6 Å². The van der Waals surface area contributed by atoms with Crippen molar-refractivity contribution in [1.29, 1.82) is 0 Å². The maximum Gasteiger partial charge on any atom is 0.219 e. The van der Waals surface area contributed by atoms with E-state index in [0.29, 0.717) is 29.6 Å². The molecule has 1 atom stereocenters. The lowest BCUT2D eigenvalue weighted by Crippen LogP contribution is -2.38. The Bertz CT molecular complexity index is 997. The predicted octanol–water partition coefficient (Wildman–Crippen LogP) is 2.50. The molecule has 168 valence electrons. The van der Waals surface area contributed by atoms with Crippen LogP contribution >= 0.6 is 0 Å². The monoisotopic (exact) mass is 445 g/mol. The summed E-state index contributed by atoms with van der Waals surface area (Å²) in [5, 5.41) is 3.07. The molecule has 2 aromatic rings. The maximum absolute atomic E-state index is 12.8. The molecule has 0 aliphatic carbocycles. The molecule has 1 aliphatic heterocycles. The molecule has 0 bridgehead atoms. The van der Waals surface area contributed by atoms with Crippen LogP contribution in [0.1, 0.15) is 43.7 Å². The van der Waals surface area contributed by atoms with Crippen LogP contribution in [0.3, 0.4) is 0 Å². The summed E-state index contributed by atoms with van der Waals surface area (Å²) in [4.78, 5) is 25.2. The van der Waals surface area contributed by atoms with E-state index in [1.54, 1.807) is 43.3 Å². The number of anilines is 1. The van der Waals surface area contributed by atoms with Crippen LogP contribution in [-0.2, 0) is 21.2 Å². The molecule has 0 spiro atoms. The Morgan fingerprint density at radius 2 is 1.97 bits per heavy atom. The SMILES string of the molecule is CNc1cc(CN(C)C(C)=O)nc([C@H]2CCCCN2CCS(=O)(=O)c2ccccc2)n1. The molecule has 0 saturated carbocycles.